The molecule has 0 aliphatic carbocycles. The third kappa shape index (κ3) is 6.42. The van der Waals surface area contributed by atoms with Crippen LogP contribution >= 0.6 is 23.2 Å². The highest BCUT2D eigenvalue weighted by atomic mass is 35.5. The van der Waals surface area contributed by atoms with Crippen molar-refractivity contribution >= 4 is 29.1 Å². The Morgan fingerprint density at radius 1 is 1.00 bits per heavy atom. The van der Waals surface area contributed by atoms with Crippen LogP contribution in [0.2, 0.25) is 10.0 Å². The van der Waals surface area contributed by atoms with E-state index in [9.17, 15) is 13.2 Å². The lowest BCUT2D eigenvalue weighted by atomic mass is 10.1. The summed E-state index contributed by atoms with van der Waals surface area (Å²) in [5, 5.41) is 4.37. The van der Waals surface area contributed by atoms with Crippen LogP contribution < -0.4 is 0 Å². The van der Waals surface area contributed by atoms with Gasteiger partial charge in [0.25, 0.3) is 5.90 Å². The van der Waals surface area contributed by atoms with Crippen LogP contribution in [0.3, 0.4) is 0 Å². The Balaban J connectivity index is 2.21. The maximum Gasteiger partial charge on any atom is 0.425 e. The van der Waals surface area contributed by atoms with E-state index >= 15 is 0 Å². The minimum Gasteiger partial charge on any atom is -0.470 e. The van der Waals surface area contributed by atoms with Gasteiger partial charge in [-0.15, -0.1) is 0 Å². The number of nitrogens with zero attached hydrogens (tertiary/aromatic N) is 1. The monoisotopic (exact) mass is 405 g/mol. The fraction of sp³-hybridized carbons (Fsp3) is 0.278. The van der Waals surface area contributed by atoms with Gasteiger partial charge in [0.15, 0.2) is 0 Å². The highest BCUT2D eigenvalue weighted by Crippen LogP contribution is 2.21. The molecule has 0 unspecified atom stereocenters. The standard InChI is InChI=1S/C18H16Cl2F3NO2/c1-11-3-4-14(5-12(11)2)17(24-26-10-18(21,22)23)25-9-13-6-15(19)8-16(20)7-13/h3-8H,9-10H2,1-2H3/b24-17-. The third-order valence-corrected chi connectivity index (χ3v) is 3.86. The zero-order valence-electron chi connectivity index (χ0n) is 14.0. The van der Waals surface area contributed by atoms with Gasteiger partial charge in [0.05, 0.1) is 0 Å². The molecule has 0 radical (unpaired) electrons. The van der Waals surface area contributed by atoms with Crippen LogP contribution in [0, 0.1) is 13.8 Å². The molecule has 0 aliphatic rings. The summed E-state index contributed by atoms with van der Waals surface area (Å²) in [5.74, 6) is -0.0616. The first-order chi connectivity index (χ1) is 12.1. The summed E-state index contributed by atoms with van der Waals surface area (Å²) in [6.45, 7) is 2.31. The van der Waals surface area contributed by atoms with Gasteiger partial charge in [-0.2, -0.15) is 13.2 Å². The molecule has 0 spiro atoms. The van der Waals surface area contributed by atoms with Crippen LogP contribution in [0.5, 0.6) is 0 Å². The van der Waals surface area contributed by atoms with E-state index in [0.29, 0.717) is 21.2 Å². The fourth-order valence-electron chi connectivity index (χ4n) is 2.05. The smallest absolute Gasteiger partial charge is 0.425 e. The quantitative estimate of drug-likeness (QED) is 0.343. The van der Waals surface area contributed by atoms with Crippen LogP contribution in [0.1, 0.15) is 22.3 Å². The number of hydrogen-bond donors (Lipinski definition) is 0. The molecule has 0 atom stereocenters. The molecule has 0 bridgehead atoms. The van der Waals surface area contributed by atoms with Crippen molar-refractivity contribution in [3.8, 4) is 0 Å². The topological polar surface area (TPSA) is 30.8 Å². The molecular formula is C18H16Cl2F3NO2. The van der Waals surface area contributed by atoms with Crippen LogP contribution in [0.25, 0.3) is 0 Å². The molecule has 140 valence electrons. The first-order valence-electron chi connectivity index (χ1n) is 7.56. The molecule has 0 saturated carbocycles. The van der Waals surface area contributed by atoms with Gasteiger partial charge in [-0.1, -0.05) is 29.3 Å². The van der Waals surface area contributed by atoms with Gasteiger partial charge >= 0.3 is 6.18 Å². The van der Waals surface area contributed by atoms with Crippen LogP contribution in [0.4, 0.5) is 13.2 Å². The van der Waals surface area contributed by atoms with Gasteiger partial charge in [0, 0.05) is 15.6 Å². The second-order valence-electron chi connectivity index (χ2n) is 5.65. The minimum atomic E-state index is -4.49. The van der Waals surface area contributed by atoms with Gasteiger partial charge in [-0.3, -0.25) is 0 Å². The first-order valence-corrected chi connectivity index (χ1v) is 8.32. The molecule has 0 N–H and O–H groups in total. The first kappa shape index (κ1) is 20.4. The molecule has 3 nitrogen and oxygen atoms in total. The number of benzene rings is 2. The summed E-state index contributed by atoms with van der Waals surface area (Å²) in [7, 11) is 0. The molecule has 2 aromatic carbocycles. The molecule has 0 aromatic heterocycles. The zero-order chi connectivity index (χ0) is 19.3. The van der Waals surface area contributed by atoms with Gasteiger partial charge in [-0.25, -0.2) is 0 Å². The lowest BCUT2D eigenvalue weighted by Gasteiger charge is -2.12. The fourth-order valence-corrected chi connectivity index (χ4v) is 2.62. The molecule has 2 rings (SSSR count). The summed E-state index contributed by atoms with van der Waals surface area (Å²) in [4.78, 5) is 4.41. The van der Waals surface area contributed by atoms with Gasteiger partial charge in [0.1, 0.15) is 6.61 Å². The van der Waals surface area contributed by atoms with Crippen molar-refractivity contribution < 1.29 is 22.7 Å². The van der Waals surface area contributed by atoms with Crippen molar-refractivity contribution in [3.63, 3.8) is 0 Å². The van der Waals surface area contributed by atoms with Crippen LogP contribution in [-0.2, 0) is 16.2 Å². The molecular weight excluding hydrogens is 390 g/mol. The molecule has 26 heavy (non-hydrogen) atoms. The molecule has 0 saturated heterocycles. The van der Waals surface area contributed by atoms with E-state index in [4.69, 9.17) is 27.9 Å². The van der Waals surface area contributed by atoms with Crippen molar-refractivity contribution in [1.29, 1.82) is 0 Å². The maximum atomic E-state index is 12.3. The van der Waals surface area contributed by atoms with Crippen molar-refractivity contribution in [2.75, 3.05) is 6.61 Å². The normalized spacial score (nSPS) is 12.2. The van der Waals surface area contributed by atoms with E-state index in [1.165, 1.54) is 0 Å². The maximum absolute atomic E-state index is 12.3. The number of ether oxygens (including phenoxy) is 1. The zero-order valence-corrected chi connectivity index (χ0v) is 15.5. The van der Waals surface area contributed by atoms with Crippen LogP contribution in [-0.4, -0.2) is 18.7 Å². The second-order valence-corrected chi connectivity index (χ2v) is 6.52. The Hall–Kier alpha value is -1.92. The molecule has 0 fully saturated rings. The van der Waals surface area contributed by atoms with E-state index in [2.05, 4.69) is 9.99 Å². The van der Waals surface area contributed by atoms with E-state index < -0.39 is 12.8 Å². The van der Waals surface area contributed by atoms with Crippen molar-refractivity contribution in [2.45, 2.75) is 26.6 Å². The highest BCUT2D eigenvalue weighted by molar-refractivity contribution is 6.34. The Morgan fingerprint density at radius 2 is 1.65 bits per heavy atom. The molecule has 0 heterocycles. The lowest BCUT2D eigenvalue weighted by Crippen LogP contribution is -2.16. The van der Waals surface area contributed by atoms with E-state index in [1.54, 1.807) is 30.3 Å². The van der Waals surface area contributed by atoms with Crippen molar-refractivity contribution in [3.05, 3.63) is 68.7 Å². The second kappa shape index (κ2) is 8.64. The molecule has 0 aliphatic heterocycles. The number of aryl methyl sites for hydroxylation is 2. The highest BCUT2D eigenvalue weighted by Gasteiger charge is 2.28. The van der Waals surface area contributed by atoms with E-state index in [-0.39, 0.29) is 12.5 Å². The summed E-state index contributed by atoms with van der Waals surface area (Å²) in [6, 6.07) is 10.1. The number of rotatable bonds is 5. The minimum absolute atomic E-state index is 0.0153. The van der Waals surface area contributed by atoms with Gasteiger partial charge < -0.3 is 9.57 Å². The molecule has 8 heteroatoms. The SMILES string of the molecule is Cc1ccc(/C(=N/OCC(F)(F)F)OCc2cc(Cl)cc(Cl)c2)cc1C. The number of oxime groups is 1. The predicted molar refractivity (Wildman–Crippen MR) is 95.7 cm³/mol. The average molecular weight is 406 g/mol. The van der Waals surface area contributed by atoms with E-state index in [0.717, 1.165) is 11.1 Å². The largest absolute Gasteiger partial charge is 0.470 e. The Labute approximate surface area is 159 Å². The van der Waals surface area contributed by atoms with Gasteiger partial charge in [0.2, 0.25) is 6.61 Å². The average Bonchev–Trinajstić information content (AvgIpc) is 2.51. The summed E-state index contributed by atoms with van der Waals surface area (Å²) >= 11 is 11.9. The predicted octanol–water partition coefficient (Wildman–Crippen LogP) is 6.07. The van der Waals surface area contributed by atoms with Crippen LogP contribution in [0.15, 0.2) is 41.6 Å². The number of halogens is 5. The molecule has 2 aromatic rings. The lowest BCUT2D eigenvalue weighted by molar-refractivity contribution is -0.174. The Morgan fingerprint density at radius 3 is 2.23 bits per heavy atom. The van der Waals surface area contributed by atoms with Crippen molar-refractivity contribution in [2.24, 2.45) is 5.16 Å². The Kier molecular flexibility index (Phi) is 6.78. The third-order valence-electron chi connectivity index (χ3n) is 3.43. The Bertz CT molecular complexity index is 787. The van der Waals surface area contributed by atoms with E-state index in [1.807, 2.05) is 19.9 Å². The van der Waals surface area contributed by atoms with Crippen molar-refractivity contribution in [1.82, 2.24) is 0 Å². The number of alkyl halides is 3. The molecule has 0 amide bonds. The summed E-state index contributed by atoms with van der Waals surface area (Å²) < 4.78 is 42.5. The summed E-state index contributed by atoms with van der Waals surface area (Å²) in [6.07, 6.45) is -4.49. The summed E-state index contributed by atoms with van der Waals surface area (Å²) in [5.41, 5.74) is 3.13. The van der Waals surface area contributed by atoms with Gasteiger partial charge in [-0.05, 0) is 66.0 Å². The number of hydrogen-bond acceptors (Lipinski definition) is 3.